The Kier molecular flexibility index (Phi) is 3.82. The van der Waals surface area contributed by atoms with Gasteiger partial charge in [-0.1, -0.05) is 30.3 Å². The molecule has 2 amide bonds. The smallest absolute Gasteiger partial charge is 0.337 e. The Morgan fingerprint density at radius 2 is 2.07 bits per heavy atom. The van der Waals surface area contributed by atoms with E-state index in [1.54, 1.807) is 7.05 Å². The van der Waals surface area contributed by atoms with E-state index in [1.165, 1.54) is 5.32 Å². The molecule has 0 radical (unpaired) electrons. The van der Waals surface area contributed by atoms with Crippen molar-refractivity contribution in [2.45, 2.75) is 6.04 Å². The molecule has 4 heteroatoms. The van der Waals surface area contributed by atoms with Gasteiger partial charge in [-0.15, -0.1) is 0 Å². The molecule has 1 atom stereocenters. The number of likely N-dealkylation sites (N-methyl/N-ethyl adjacent to an activating group) is 1. The lowest BCUT2D eigenvalue weighted by Crippen LogP contribution is -2.86. The van der Waals surface area contributed by atoms with Crippen molar-refractivity contribution in [1.29, 1.82) is 0 Å². The number of benzene rings is 1. The second-order valence-electron chi connectivity index (χ2n) is 2.82. The maximum atomic E-state index is 11.4. The molecule has 0 aliphatic rings. The van der Waals surface area contributed by atoms with Gasteiger partial charge in [0.15, 0.2) is 6.04 Å². The van der Waals surface area contributed by atoms with Crippen LogP contribution in [0.4, 0.5) is 0 Å². The molecule has 0 saturated heterocycles. The summed E-state index contributed by atoms with van der Waals surface area (Å²) in [6.07, 6.45) is 0.541. The van der Waals surface area contributed by atoms with Crippen molar-refractivity contribution in [3.8, 4) is 0 Å². The Morgan fingerprint density at radius 3 is 2.57 bits per heavy atom. The van der Waals surface area contributed by atoms with Crippen LogP contribution in [0.3, 0.4) is 0 Å². The lowest BCUT2D eigenvalue weighted by Gasteiger charge is -2.11. The second kappa shape index (κ2) is 5.14. The summed E-state index contributed by atoms with van der Waals surface area (Å²) in [5.74, 6) is -0.108. The molecule has 4 nitrogen and oxygen atoms in total. The number of carbonyl (C=O) groups is 2. The van der Waals surface area contributed by atoms with E-state index in [1.807, 2.05) is 30.3 Å². The summed E-state index contributed by atoms with van der Waals surface area (Å²) >= 11 is 0. The molecule has 1 aromatic rings. The van der Waals surface area contributed by atoms with Gasteiger partial charge >= 0.3 is 5.91 Å². The zero-order chi connectivity index (χ0) is 10.4. The van der Waals surface area contributed by atoms with Crippen LogP contribution in [0.2, 0.25) is 0 Å². The number of hydrogen-bond donors (Lipinski definition) is 2. The molecule has 3 N–H and O–H groups in total. The summed E-state index contributed by atoms with van der Waals surface area (Å²) in [5, 5.41) is 3.94. The highest BCUT2D eigenvalue weighted by atomic mass is 16.2. The topological polar surface area (TPSA) is 62.8 Å². The first-order valence-electron chi connectivity index (χ1n) is 4.37. The zero-order valence-corrected chi connectivity index (χ0v) is 7.94. The number of hydrogen-bond acceptors (Lipinski definition) is 2. The largest absolute Gasteiger partial charge is 0.340 e. The van der Waals surface area contributed by atoms with Crippen LogP contribution in [0.15, 0.2) is 30.3 Å². The Morgan fingerprint density at radius 1 is 1.43 bits per heavy atom. The normalized spacial score (nSPS) is 11.8. The minimum atomic E-state index is -0.557. The first-order valence-corrected chi connectivity index (χ1v) is 4.37. The van der Waals surface area contributed by atoms with E-state index in [4.69, 9.17) is 0 Å². The van der Waals surface area contributed by atoms with Gasteiger partial charge in [0.25, 0.3) is 0 Å². The lowest BCUT2D eigenvalue weighted by molar-refractivity contribution is -0.540. The van der Waals surface area contributed by atoms with Gasteiger partial charge in [0, 0.05) is 0 Å². The van der Waals surface area contributed by atoms with E-state index >= 15 is 0 Å². The minimum Gasteiger partial charge on any atom is -0.340 e. The fourth-order valence-electron chi connectivity index (χ4n) is 1.22. The second-order valence-corrected chi connectivity index (χ2v) is 2.82. The standard InChI is InChI=1S/C10H12N2O2/c1-11-10(14)9(12-7-13)8-5-3-2-4-6-8/h2-7,9H,1H3,(H,11,14)(H,12,13)/p+1. The molecular formula is C10H13N2O2+. The van der Waals surface area contributed by atoms with Gasteiger partial charge in [0.1, 0.15) is 0 Å². The fourth-order valence-corrected chi connectivity index (χ4v) is 1.22. The summed E-state index contributed by atoms with van der Waals surface area (Å²) in [5.41, 5.74) is 0.794. The highest BCUT2D eigenvalue weighted by Gasteiger charge is 2.21. The summed E-state index contributed by atoms with van der Waals surface area (Å²) in [4.78, 5) is 21.8. The van der Waals surface area contributed by atoms with E-state index in [9.17, 15) is 9.59 Å². The lowest BCUT2D eigenvalue weighted by atomic mass is 10.1. The van der Waals surface area contributed by atoms with Crippen molar-refractivity contribution >= 4 is 12.3 Å². The van der Waals surface area contributed by atoms with Gasteiger partial charge in [-0.3, -0.25) is 10.1 Å². The van der Waals surface area contributed by atoms with Gasteiger partial charge in [-0.25, -0.2) is 4.79 Å². The van der Waals surface area contributed by atoms with Crippen molar-refractivity contribution < 1.29 is 14.9 Å². The third-order valence-corrected chi connectivity index (χ3v) is 1.94. The van der Waals surface area contributed by atoms with E-state index in [0.717, 1.165) is 5.56 Å². The highest BCUT2D eigenvalue weighted by molar-refractivity contribution is 5.76. The molecule has 0 saturated carbocycles. The number of nitrogens with two attached hydrogens (primary N) is 1. The monoisotopic (exact) mass is 193 g/mol. The number of rotatable bonds is 4. The van der Waals surface area contributed by atoms with Gasteiger partial charge < -0.3 is 5.32 Å². The number of primary amides is 1. The Bertz CT molecular complexity index is 311. The Hall–Kier alpha value is -1.68. The predicted molar refractivity (Wildman–Crippen MR) is 51.2 cm³/mol. The average Bonchev–Trinajstić information content (AvgIpc) is 2.26. The molecule has 0 bridgehead atoms. The first kappa shape index (κ1) is 10.4. The molecule has 1 aromatic carbocycles. The summed E-state index contributed by atoms with van der Waals surface area (Å²) < 4.78 is 0. The molecule has 0 spiro atoms. The van der Waals surface area contributed by atoms with Crippen LogP contribution in [-0.4, -0.2) is 19.4 Å². The first-order chi connectivity index (χ1) is 6.79. The van der Waals surface area contributed by atoms with Crippen molar-refractivity contribution in [3.63, 3.8) is 0 Å². The molecule has 1 rings (SSSR count). The van der Waals surface area contributed by atoms with Crippen molar-refractivity contribution in [2.75, 3.05) is 7.05 Å². The van der Waals surface area contributed by atoms with Crippen LogP contribution in [0.5, 0.6) is 0 Å². The maximum absolute atomic E-state index is 11.4. The Labute approximate surface area is 82.3 Å². The van der Waals surface area contributed by atoms with E-state index in [2.05, 4.69) is 5.32 Å². The van der Waals surface area contributed by atoms with E-state index < -0.39 is 6.04 Å². The van der Waals surface area contributed by atoms with Crippen LogP contribution in [0, 0.1) is 0 Å². The number of amides is 2. The molecule has 1 unspecified atom stereocenters. The highest BCUT2D eigenvalue weighted by Crippen LogP contribution is 2.09. The number of quaternary nitrogens is 1. The Balaban J connectivity index is 2.88. The van der Waals surface area contributed by atoms with Crippen LogP contribution < -0.4 is 10.6 Å². The fraction of sp³-hybridized carbons (Fsp3) is 0.200. The van der Waals surface area contributed by atoms with Gasteiger partial charge in [-0.2, -0.15) is 0 Å². The molecule has 0 aliphatic heterocycles. The molecule has 0 aromatic heterocycles. The van der Waals surface area contributed by atoms with Gasteiger partial charge in [0.05, 0.1) is 7.05 Å². The maximum Gasteiger partial charge on any atom is 0.337 e. The SMILES string of the molecule is C[NH2+]C(=O)C(NC=O)c1ccccc1. The molecule has 74 valence electrons. The zero-order valence-electron chi connectivity index (χ0n) is 7.94. The van der Waals surface area contributed by atoms with Crippen LogP contribution in [0.1, 0.15) is 11.6 Å². The average molecular weight is 193 g/mol. The third kappa shape index (κ3) is 2.40. The van der Waals surface area contributed by atoms with Crippen LogP contribution in [0.25, 0.3) is 0 Å². The van der Waals surface area contributed by atoms with Crippen molar-refractivity contribution in [3.05, 3.63) is 35.9 Å². The van der Waals surface area contributed by atoms with E-state index in [0.29, 0.717) is 6.41 Å². The molecule has 0 aliphatic carbocycles. The van der Waals surface area contributed by atoms with Crippen molar-refractivity contribution in [1.82, 2.24) is 5.32 Å². The number of nitrogens with one attached hydrogen (secondary N) is 1. The van der Waals surface area contributed by atoms with Crippen LogP contribution >= 0.6 is 0 Å². The third-order valence-electron chi connectivity index (χ3n) is 1.94. The molecule has 0 heterocycles. The van der Waals surface area contributed by atoms with Gasteiger partial charge in [0.2, 0.25) is 6.41 Å². The summed E-state index contributed by atoms with van der Waals surface area (Å²) in [6, 6.07) is 8.58. The molecule has 14 heavy (non-hydrogen) atoms. The van der Waals surface area contributed by atoms with Crippen LogP contribution in [-0.2, 0) is 9.59 Å². The van der Waals surface area contributed by atoms with E-state index in [-0.39, 0.29) is 5.91 Å². The predicted octanol–water partition coefficient (Wildman–Crippen LogP) is -0.806. The van der Waals surface area contributed by atoms with Gasteiger partial charge in [-0.05, 0) is 5.56 Å². The summed E-state index contributed by atoms with van der Waals surface area (Å²) in [6.45, 7) is 0. The quantitative estimate of drug-likeness (QED) is 0.614. The molecular weight excluding hydrogens is 180 g/mol. The molecule has 0 fully saturated rings. The van der Waals surface area contributed by atoms with Crippen molar-refractivity contribution in [2.24, 2.45) is 0 Å². The number of carbonyl (C=O) groups excluding carboxylic acids is 2. The minimum absolute atomic E-state index is 0.108. The summed E-state index contributed by atoms with van der Waals surface area (Å²) in [7, 11) is 1.66.